The Bertz CT molecular complexity index is 1260. The minimum atomic E-state index is -1.26. The van der Waals surface area contributed by atoms with Gasteiger partial charge in [-0.3, -0.25) is 0 Å². The average Bonchev–Trinajstić information content (AvgIpc) is 3.49. The number of carbonyl (C=O) groups excluding carboxylic acids is 4. The molecule has 0 aromatic carbocycles. The molecule has 0 saturated carbocycles. The van der Waals surface area contributed by atoms with Crippen molar-refractivity contribution in [2.45, 2.75) is 439 Å². The SMILES string of the molecule is CCCCCCCCCCCCCCCCCC(=O)[O-].CCCCCCCCCCCCCCCCCC(=O)[O-].CCCCCCCCCCCCCCCCCC(=O)[O-].CCCCCCCCCCCCCCCCCC(=O)[O-].O=C(O)/C=C/C(=O)O.[Ca+2].[Mg+2]. The van der Waals surface area contributed by atoms with Gasteiger partial charge < -0.3 is 49.8 Å². The molecule has 0 aromatic rings. The number of carboxylic acids is 6. The van der Waals surface area contributed by atoms with Gasteiger partial charge in [-0.2, -0.15) is 0 Å². The Labute approximate surface area is 602 Å². The van der Waals surface area contributed by atoms with Gasteiger partial charge in [0.05, 0.1) is 0 Å². The predicted octanol–water partition coefficient (Wildman–Crippen LogP) is 18.9. The van der Waals surface area contributed by atoms with Crippen molar-refractivity contribution in [3.05, 3.63) is 12.2 Å². The first-order chi connectivity index (χ1) is 42.7. The first kappa shape index (κ1) is 102. The van der Waals surface area contributed by atoms with Gasteiger partial charge in [-0.25, -0.2) is 9.59 Å². The molecule has 0 aromatic heterocycles. The minimum Gasteiger partial charge on any atom is -0.550 e. The van der Waals surface area contributed by atoms with Gasteiger partial charge in [0.25, 0.3) is 0 Å². The molecular weight excluding hydrogens is 1170 g/mol. The van der Waals surface area contributed by atoms with Gasteiger partial charge in [-0.15, -0.1) is 0 Å². The zero-order valence-electron chi connectivity index (χ0n) is 59.8. The largest absolute Gasteiger partial charge is 2.00 e. The van der Waals surface area contributed by atoms with E-state index in [-0.39, 0.29) is 86.5 Å². The van der Waals surface area contributed by atoms with Crippen LogP contribution in [-0.2, 0) is 28.8 Å². The van der Waals surface area contributed by atoms with Crippen molar-refractivity contribution in [3.8, 4) is 0 Å². The zero-order valence-corrected chi connectivity index (χ0v) is 63.4. The van der Waals surface area contributed by atoms with Crippen LogP contribution in [0.5, 0.6) is 0 Å². The molecule has 0 fully saturated rings. The van der Waals surface area contributed by atoms with Crippen molar-refractivity contribution >= 4 is 96.6 Å². The Balaban J connectivity index is -0.000000194. The predicted molar refractivity (Wildman–Crippen MR) is 374 cm³/mol. The van der Waals surface area contributed by atoms with Crippen molar-refractivity contribution < 1.29 is 59.4 Å². The van der Waals surface area contributed by atoms with E-state index in [4.69, 9.17) is 10.2 Å². The molecule has 0 spiro atoms. The van der Waals surface area contributed by atoms with Gasteiger partial charge in [-0.05, 0) is 51.4 Å². The molecule has 14 heteroatoms. The fourth-order valence-electron chi connectivity index (χ4n) is 10.7. The summed E-state index contributed by atoms with van der Waals surface area (Å²) in [6, 6.07) is 0. The second kappa shape index (κ2) is 96.3. The van der Waals surface area contributed by atoms with E-state index in [0.29, 0.717) is 12.2 Å². The van der Waals surface area contributed by atoms with Crippen molar-refractivity contribution in [1.29, 1.82) is 0 Å². The molecule has 12 nitrogen and oxygen atoms in total. The Hall–Kier alpha value is -1.41. The third-order valence-electron chi connectivity index (χ3n) is 16.3. The summed E-state index contributed by atoms with van der Waals surface area (Å²) < 4.78 is 0. The van der Waals surface area contributed by atoms with Crippen LogP contribution in [0.3, 0.4) is 0 Å². The number of unbranched alkanes of at least 4 members (excludes halogenated alkanes) is 56. The van der Waals surface area contributed by atoms with Crippen LogP contribution in [0.4, 0.5) is 0 Å². The fourth-order valence-corrected chi connectivity index (χ4v) is 10.7. The van der Waals surface area contributed by atoms with Crippen LogP contribution < -0.4 is 20.4 Å². The molecule has 0 unspecified atom stereocenters. The Kier molecular flexibility index (Phi) is 109. The molecule has 90 heavy (non-hydrogen) atoms. The second-order valence-electron chi connectivity index (χ2n) is 25.3. The van der Waals surface area contributed by atoms with Crippen molar-refractivity contribution in [2.75, 3.05) is 0 Å². The Morgan fingerprint density at radius 2 is 0.300 bits per heavy atom. The molecule has 524 valence electrons. The van der Waals surface area contributed by atoms with Crippen LogP contribution >= 0.6 is 0 Å². The summed E-state index contributed by atoms with van der Waals surface area (Å²) in [5.41, 5.74) is 0. The van der Waals surface area contributed by atoms with Gasteiger partial charge in [-0.1, -0.05) is 387 Å². The van der Waals surface area contributed by atoms with Gasteiger partial charge in [0, 0.05) is 36.0 Å². The normalized spacial score (nSPS) is 10.5. The Morgan fingerprint density at radius 3 is 0.378 bits per heavy atom. The molecule has 0 aliphatic rings. The van der Waals surface area contributed by atoms with E-state index in [2.05, 4.69) is 27.7 Å². The van der Waals surface area contributed by atoms with Gasteiger partial charge in [0.15, 0.2) is 0 Å². The number of rotatable bonds is 66. The van der Waals surface area contributed by atoms with E-state index in [9.17, 15) is 49.2 Å². The first-order valence-electron chi connectivity index (χ1n) is 37.6. The molecule has 0 aliphatic heterocycles. The molecule has 0 aliphatic carbocycles. The van der Waals surface area contributed by atoms with Crippen LogP contribution in [0.25, 0.3) is 0 Å². The van der Waals surface area contributed by atoms with E-state index < -0.39 is 35.8 Å². The fraction of sp³-hybridized carbons (Fsp3) is 0.895. The molecule has 0 saturated heterocycles. The molecular formula is C76H144CaMgO12. The molecule has 0 amide bonds. The summed E-state index contributed by atoms with van der Waals surface area (Å²) in [6.07, 6.45) is 80.5. The molecule has 0 heterocycles. The third-order valence-corrected chi connectivity index (χ3v) is 16.3. The third kappa shape index (κ3) is 124. The number of carbonyl (C=O) groups is 6. The van der Waals surface area contributed by atoms with Crippen LogP contribution in [0.1, 0.15) is 439 Å². The van der Waals surface area contributed by atoms with Crippen LogP contribution in [0.2, 0.25) is 0 Å². The number of hydrogen-bond donors (Lipinski definition) is 2. The maximum atomic E-state index is 10.2. The van der Waals surface area contributed by atoms with Crippen molar-refractivity contribution in [2.24, 2.45) is 0 Å². The molecule has 2 N–H and O–H groups in total. The smallest absolute Gasteiger partial charge is 0.550 e. The average molecular weight is 1310 g/mol. The summed E-state index contributed by atoms with van der Waals surface area (Å²) in [5, 5.41) is 56.5. The maximum absolute atomic E-state index is 10.2. The standard InChI is InChI=1S/4C18H36O2.C4H4O4.Ca.Mg/c4*1-2-3-4-5-6-7-8-9-10-11-12-13-14-15-16-17-18(19)20;5-3(6)1-2-4(7)8;;/h4*2-17H2,1H3,(H,19,20);1-2H,(H,5,6)(H,7,8);;/q;;;;;2*+2/p-4/b;;;;2-1+;;. The van der Waals surface area contributed by atoms with E-state index in [0.717, 1.165) is 51.4 Å². The zero-order chi connectivity index (χ0) is 66.1. The second-order valence-corrected chi connectivity index (χ2v) is 25.3. The number of hydrogen-bond acceptors (Lipinski definition) is 10. The maximum Gasteiger partial charge on any atom is 2.00 e. The molecule has 0 bridgehead atoms. The Morgan fingerprint density at radius 1 is 0.211 bits per heavy atom. The van der Waals surface area contributed by atoms with Crippen molar-refractivity contribution in [3.63, 3.8) is 0 Å². The molecule has 0 rings (SSSR count). The topological polar surface area (TPSA) is 235 Å². The van der Waals surface area contributed by atoms with Crippen LogP contribution in [0.15, 0.2) is 12.2 Å². The van der Waals surface area contributed by atoms with Crippen molar-refractivity contribution in [1.82, 2.24) is 0 Å². The van der Waals surface area contributed by atoms with Gasteiger partial charge in [0.2, 0.25) is 0 Å². The summed E-state index contributed by atoms with van der Waals surface area (Å²) in [7, 11) is 0. The van der Waals surface area contributed by atoms with E-state index in [1.165, 1.54) is 334 Å². The van der Waals surface area contributed by atoms with Crippen LogP contribution in [-0.4, -0.2) is 107 Å². The number of carboxylic acid groups (broad SMARTS) is 6. The monoisotopic (exact) mass is 1310 g/mol. The summed E-state index contributed by atoms with van der Waals surface area (Å²) >= 11 is 0. The van der Waals surface area contributed by atoms with E-state index >= 15 is 0 Å². The van der Waals surface area contributed by atoms with E-state index in [1.54, 1.807) is 0 Å². The minimum absolute atomic E-state index is 0. The number of aliphatic carboxylic acids is 6. The van der Waals surface area contributed by atoms with E-state index in [1.807, 2.05) is 0 Å². The first-order valence-corrected chi connectivity index (χ1v) is 37.6. The van der Waals surface area contributed by atoms with Gasteiger partial charge in [0.1, 0.15) is 0 Å². The molecule has 0 atom stereocenters. The van der Waals surface area contributed by atoms with Crippen LogP contribution in [0, 0.1) is 0 Å². The summed E-state index contributed by atoms with van der Waals surface area (Å²) in [4.78, 5) is 60.0. The molecule has 0 radical (unpaired) electrons. The quantitative estimate of drug-likeness (QED) is 0.0329. The summed E-state index contributed by atoms with van der Waals surface area (Å²) in [6.45, 7) is 9.07. The summed E-state index contributed by atoms with van der Waals surface area (Å²) in [5.74, 6) is -6.13. The van der Waals surface area contributed by atoms with Gasteiger partial charge >= 0.3 is 72.7 Å².